The predicted octanol–water partition coefficient (Wildman–Crippen LogP) is 2.74. The highest BCUT2D eigenvalue weighted by Crippen LogP contribution is 2.29. The molecule has 7 heteroatoms. The molecule has 2 aromatic rings. The summed E-state index contributed by atoms with van der Waals surface area (Å²) in [5, 5.41) is 18.3. The lowest BCUT2D eigenvalue weighted by molar-refractivity contribution is 0.475. The summed E-state index contributed by atoms with van der Waals surface area (Å²) in [4.78, 5) is -0.158. The maximum atomic E-state index is 12.6. The van der Waals surface area contributed by atoms with Crippen molar-refractivity contribution in [3.8, 4) is 11.8 Å². The molecule has 0 aliphatic rings. The number of hydrogen-bond acceptors (Lipinski definition) is 4. The number of aromatic hydroxyl groups is 1. The van der Waals surface area contributed by atoms with Gasteiger partial charge < -0.3 is 5.11 Å². The van der Waals surface area contributed by atoms with Gasteiger partial charge in [0.25, 0.3) is 10.0 Å². The molecule has 0 fully saturated rings. The minimum Gasteiger partial charge on any atom is -0.508 e. The quantitative estimate of drug-likeness (QED) is 0.942. The highest BCUT2D eigenvalue weighted by Gasteiger charge is 2.24. The summed E-state index contributed by atoms with van der Waals surface area (Å²) < 4.78 is 26.2. The van der Waals surface area contributed by atoms with E-state index in [0.29, 0.717) is 0 Å². The van der Waals surface area contributed by atoms with Crippen LogP contribution in [0, 0.1) is 11.3 Å². The Morgan fingerprint density at radius 2 is 1.95 bits per heavy atom. The van der Waals surface area contributed by atoms with Crippen molar-refractivity contribution in [2.75, 3.05) is 11.4 Å². The first kappa shape index (κ1) is 15.2. The van der Waals surface area contributed by atoms with E-state index in [1.165, 1.54) is 43.4 Å². The summed E-state index contributed by atoms with van der Waals surface area (Å²) >= 11 is 5.94. The number of benzene rings is 2. The Morgan fingerprint density at radius 3 is 2.57 bits per heavy atom. The van der Waals surface area contributed by atoms with Crippen LogP contribution in [0.5, 0.6) is 5.75 Å². The summed E-state index contributed by atoms with van der Waals surface area (Å²) in [5.74, 6) is -0.0496. The molecule has 0 unspecified atom stereocenters. The average molecular weight is 323 g/mol. The van der Waals surface area contributed by atoms with Gasteiger partial charge >= 0.3 is 0 Å². The Kier molecular flexibility index (Phi) is 4.07. The molecule has 0 saturated carbocycles. The highest BCUT2D eigenvalue weighted by atomic mass is 35.5. The van der Waals surface area contributed by atoms with Crippen LogP contribution >= 0.6 is 11.6 Å². The Morgan fingerprint density at radius 1 is 1.24 bits per heavy atom. The van der Waals surface area contributed by atoms with E-state index in [4.69, 9.17) is 16.9 Å². The lowest BCUT2D eigenvalue weighted by atomic mass is 10.2. The Hall–Kier alpha value is -2.23. The molecule has 0 spiro atoms. The van der Waals surface area contributed by atoms with Crippen molar-refractivity contribution in [3.05, 3.63) is 53.1 Å². The third-order valence-corrected chi connectivity index (χ3v) is 5.16. The second-order valence-electron chi connectivity index (χ2n) is 4.25. The van der Waals surface area contributed by atoms with Gasteiger partial charge in [-0.15, -0.1) is 0 Å². The van der Waals surface area contributed by atoms with Gasteiger partial charge in [0.2, 0.25) is 0 Å². The van der Waals surface area contributed by atoms with Crippen molar-refractivity contribution in [1.82, 2.24) is 0 Å². The molecule has 0 aromatic heterocycles. The minimum absolute atomic E-state index is 0.0287. The molecule has 21 heavy (non-hydrogen) atoms. The number of hydrogen-bond donors (Lipinski definition) is 1. The topological polar surface area (TPSA) is 81.4 Å². The summed E-state index contributed by atoms with van der Waals surface area (Å²) in [6.07, 6.45) is 0. The zero-order chi connectivity index (χ0) is 15.6. The number of nitrogens with zero attached hydrogens (tertiary/aromatic N) is 2. The van der Waals surface area contributed by atoms with Crippen LogP contribution in [-0.2, 0) is 10.0 Å². The van der Waals surface area contributed by atoms with Gasteiger partial charge in [-0.1, -0.05) is 17.7 Å². The largest absolute Gasteiger partial charge is 0.508 e. The average Bonchev–Trinajstić information content (AvgIpc) is 2.46. The third kappa shape index (κ3) is 2.94. The number of sulfonamides is 1. The van der Waals surface area contributed by atoms with Crippen molar-refractivity contribution >= 4 is 27.3 Å². The number of halogens is 1. The lowest BCUT2D eigenvalue weighted by Gasteiger charge is -2.20. The van der Waals surface area contributed by atoms with E-state index in [0.717, 1.165) is 4.31 Å². The lowest BCUT2D eigenvalue weighted by Crippen LogP contribution is -2.26. The summed E-state index contributed by atoms with van der Waals surface area (Å²) in [7, 11) is -2.59. The van der Waals surface area contributed by atoms with Gasteiger partial charge in [0.15, 0.2) is 0 Å². The van der Waals surface area contributed by atoms with Gasteiger partial charge in [-0.05, 0) is 30.3 Å². The third-order valence-electron chi connectivity index (χ3n) is 2.89. The first-order valence-electron chi connectivity index (χ1n) is 5.84. The van der Waals surface area contributed by atoms with Crippen LogP contribution < -0.4 is 4.31 Å². The SMILES string of the molecule is CN(c1cccc(O)c1)S(=O)(=O)c1cc(C#N)ccc1Cl. The fourth-order valence-corrected chi connectivity index (χ4v) is 3.43. The zero-order valence-electron chi connectivity index (χ0n) is 11.0. The summed E-state index contributed by atoms with van der Waals surface area (Å²) in [6, 6.07) is 11.7. The van der Waals surface area contributed by atoms with Gasteiger partial charge in [-0.2, -0.15) is 5.26 Å². The monoisotopic (exact) mass is 322 g/mol. The first-order chi connectivity index (χ1) is 9.86. The van der Waals surface area contributed by atoms with Crippen LogP contribution in [0.2, 0.25) is 5.02 Å². The molecular weight excluding hydrogens is 312 g/mol. The van der Waals surface area contributed by atoms with E-state index in [-0.39, 0.29) is 26.9 Å². The van der Waals surface area contributed by atoms with E-state index in [2.05, 4.69) is 0 Å². The number of anilines is 1. The summed E-state index contributed by atoms with van der Waals surface area (Å²) in [6.45, 7) is 0. The van der Waals surface area contributed by atoms with E-state index in [1.807, 2.05) is 6.07 Å². The van der Waals surface area contributed by atoms with Crippen LogP contribution in [-0.4, -0.2) is 20.6 Å². The van der Waals surface area contributed by atoms with Crippen LogP contribution in [0.1, 0.15) is 5.56 Å². The van der Waals surface area contributed by atoms with E-state index >= 15 is 0 Å². The van der Waals surface area contributed by atoms with Crippen LogP contribution in [0.3, 0.4) is 0 Å². The molecule has 1 N–H and O–H groups in total. The smallest absolute Gasteiger partial charge is 0.265 e. The Labute approximate surface area is 127 Å². The van der Waals surface area contributed by atoms with E-state index < -0.39 is 10.0 Å². The number of phenols is 1. The molecule has 0 bridgehead atoms. The van der Waals surface area contributed by atoms with Crippen molar-refractivity contribution in [3.63, 3.8) is 0 Å². The molecule has 2 aromatic carbocycles. The van der Waals surface area contributed by atoms with Crippen molar-refractivity contribution in [2.45, 2.75) is 4.90 Å². The van der Waals surface area contributed by atoms with Crippen LogP contribution in [0.25, 0.3) is 0 Å². The van der Waals surface area contributed by atoms with Crippen molar-refractivity contribution < 1.29 is 13.5 Å². The molecule has 0 aliphatic carbocycles. The number of nitriles is 1. The second kappa shape index (κ2) is 5.64. The minimum atomic E-state index is -3.93. The molecule has 2 rings (SSSR count). The van der Waals surface area contributed by atoms with Gasteiger partial charge in [-0.25, -0.2) is 8.42 Å². The highest BCUT2D eigenvalue weighted by molar-refractivity contribution is 7.93. The zero-order valence-corrected chi connectivity index (χ0v) is 12.6. The molecule has 0 heterocycles. The Balaban J connectivity index is 2.54. The fraction of sp³-hybridized carbons (Fsp3) is 0.0714. The molecule has 108 valence electrons. The van der Waals surface area contributed by atoms with Gasteiger partial charge in [0.1, 0.15) is 10.6 Å². The molecule has 0 radical (unpaired) electrons. The van der Waals surface area contributed by atoms with Crippen molar-refractivity contribution in [1.29, 1.82) is 5.26 Å². The Bertz CT molecular complexity index is 828. The fourth-order valence-electron chi connectivity index (χ4n) is 1.75. The molecular formula is C14H11ClN2O3S. The second-order valence-corrected chi connectivity index (χ2v) is 6.59. The van der Waals surface area contributed by atoms with Gasteiger partial charge in [-0.3, -0.25) is 4.31 Å². The standard InChI is InChI=1S/C14H11ClN2O3S/c1-17(11-3-2-4-12(18)8-11)21(19,20)14-7-10(9-16)5-6-13(14)15/h2-8,18H,1H3. The van der Waals surface area contributed by atoms with Gasteiger partial charge in [0, 0.05) is 13.1 Å². The molecule has 0 aliphatic heterocycles. The molecule has 0 atom stereocenters. The molecule has 0 amide bonds. The van der Waals surface area contributed by atoms with Gasteiger partial charge in [0.05, 0.1) is 22.3 Å². The van der Waals surface area contributed by atoms with Crippen molar-refractivity contribution in [2.24, 2.45) is 0 Å². The van der Waals surface area contributed by atoms with Crippen LogP contribution in [0.15, 0.2) is 47.4 Å². The van der Waals surface area contributed by atoms with E-state index in [1.54, 1.807) is 6.07 Å². The van der Waals surface area contributed by atoms with E-state index in [9.17, 15) is 13.5 Å². The molecule has 0 saturated heterocycles. The normalized spacial score (nSPS) is 10.9. The maximum absolute atomic E-state index is 12.6. The maximum Gasteiger partial charge on any atom is 0.265 e. The molecule has 5 nitrogen and oxygen atoms in total. The van der Waals surface area contributed by atoms with Crippen LogP contribution in [0.4, 0.5) is 5.69 Å². The predicted molar refractivity (Wildman–Crippen MR) is 79.9 cm³/mol. The number of phenolic OH excluding ortho intramolecular Hbond substituents is 1. The first-order valence-corrected chi connectivity index (χ1v) is 7.65. The summed E-state index contributed by atoms with van der Waals surface area (Å²) in [5.41, 5.74) is 0.482. The number of rotatable bonds is 3.